The average Bonchev–Trinajstić information content (AvgIpc) is 2.61. The number of carbonyl (C=O) groups is 1. The summed E-state index contributed by atoms with van der Waals surface area (Å²) in [5.41, 5.74) is -1.35. The maximum absolute atomic E-state index is 14.2. The minimum Gasteiger partial charge on any atom is -0.502 e. The van der Waals surface area contributed by atoms with Gasteiger partial charge in [-0.2, -0.15) is 0 Å². The second-order valence-corrected chi connectivity index (χ2v) is 5.32. The number of carbonyl (C=O) groups excluding carboxylic acids is 1. The second-order valence-electron chi connectivity index (χ2n) is 5.32. The highest BCUT2D eigenvalue weighted by atomic mass is 19.2. The number of ether oxygens (including phenoxy) is 2. The third-order valence-corrected chi connectivity index (χ3v) is 3.64. The highest BCUT2D eigenvalue weighted by Crippen LogP contribution is 2.35. The Kier molecular flexibility index (Phi) is 6.04. The summed E-state index contributed by atoms with van der Waals surface area (Å²) >= 11 is 0. The number of hydrogen-bond acceptors (Lipinski definition) is 6. The fourth-order valence-corrected chi connectivity index (χ4v) is 2.41. The van der Waals surface area contributed by atoms with Gasteiger partial charge in [0.25, 0.3) is 0 Å². The van der Waals surface area contributed by atoms with Crippen LogP contribution >= 0.6 is 0 Å². The van der Waals surface area contributed by atoms with Crippen molar-refractivity contribution in [1.82, 2.24) is 0 Å². The molecule has 0 fully saturated rings. The van der Waals surface area contributed by atoms with Gasteiger partial charge in [-0.05, 0) is 6.07 Å². The fourth-order valence-electron chi connectivity index (χ4n) is 2.41. The van der Waals surface area contributed by atoms with E-state index >= 15 is 0 Å². The number of halogens is 3. The molecule has 0 spiro atoms. The van der Waals surface area contributed by atoms with Gasteiger partial charge in [-0.3, -0.25) is 9.59 Å². The standard InChI is InChI=1S/C17H15F3O6/c1-24-7-8-5-12(21)16(23)17(26-8)10(6-13(22)25-2)9-3-4-11(18)15(20)14(9)19/h3-5,10,23H,6-7H2,1-2H3/t10-/m0/s1. The van der Waals surface area contributed by atoms with Crippen LogP contribution in [0.2, 0.25) is 0 Å². The minimum atomic E-state index is -1.76. The highest BCUT2D eigenvalue weighted by Gasteiger charge is 2.30. The Labute approximate surface area is 145 Å². The Bertz CT molecular complexity index is 878. The molecule has 0 bridgehead atoms. The van der Waals surface area contributed by atoms with Crippen LogP contribution in [-0.4, -0.2) is 25.3 Å². The minimum absolute atomic E-state index is 0.0110. The Morgan fingerprint density at radius 2 is 1.92 bits per heavy atom. The Morgan fingerprint density at radius 3 is 2.54 bits per heavy atom. The van der Waals surface area contributed by atoms with Crippen LogP contribution in [0.15, 0.2) is 27.4 Å². The smallest absolute Gasteiger partial charge is 0.306 e. The summed E-state index contributed by atoms with van der Waals surface area (Å²) in [4.78, 5) is 23.6. The maximum atomic E-state index is 14.2. The molecule has 9 heteroatoms. The summed E-state index contributed by atoms with van der Waals surface area (Å²) in [7, 11) is 2.39. The largest absolute Gasteiger partial charge is 0.502 e. The van der Waals surface area contributed by atoms with E-state index in [1.165, 1.54) is 7.11 Å². The zero-order chi connectivity index (χ0) is 19.4. The summed E-state index contributed by atoms with van der Waals surface area (Å²) in [5, 5.41) is 10.0. The number of benzene rings is 1. The summed E-state index contributed by atoms with van der Waals surface area (Å²) in [6.45, 7) is -0.145. The predicted molar refractivity (Wildman–Crippen MR) is 82.1 cm³/mol. The monoisotopic (exact) mass is 372 g/mol. The van der Waals surface area contributed by atoms with E-state index in [1.807, 2.05) is 0 Å². The molecule has 2 rings (SSSR count). The van der Waals surface area contributed by atoms with Gasteiger partial charge in [0, 0.05) is 18.7 Å². The van der Waals surface area contributed by atoms with Crippen molar-refractivity contribution in [2.45, 2.75) is 18.9 Å². The molecular weight excluding hydrogens is 357 g/mol. The molecule has 1 aromatic heterocycles. The van der Waals surface area contributed by atoms with Crippen LogP contribution in [-0.2, 0) is 20.9 Å². The molecule has 1 atom stereocenters. The van der Waals surface area contributed by atoms with E-state index in [1.54, 1.807) is 0 Å². The van der Waals surface area contributed by atoms with Crippen molar-refractivity contribution in [3.8, 4) is 5.75 Å². The highest BCUT2D eigenvalue weighted by molar-refractivity contribution is 5.71. The molecule has 0 aliphatic rings. The Morgan fingerprint density at radius 1 is 1.23 bits per heavy atom. The molecule has 0 amide bonds. The maximum Gasteiger partial charge on any atom is 0.306 e. The van der Waals surface area contributed by atoms with Crippen LogP contribution in [0.25, 0.3) is 0 Å². The first-order valence-electron chi connectivity index (χ1n) is 7.35. The number of rotatable bonds is 6. The zero-order valence-electron chi connectivity index (χ0n) is 13.8. The van der Waals surface area contributed by atoms with E-state index in [0.717, 1.165) is 19.2 Å². The normalized spacial score (nSPS) is 12.0. The van der Waals surface area contributed by atoms with Crippen molar-refractivity contribution in [3.05, 3.63) is 63.0 Å². The summed E-state index contributed by atoms with van der Waals surface area (Å²) in [5.74, 6) is -8.42. The van der Waals surface area contributed by atoms with E-state index in [2.05, 4.69) is 4.74 Å². The molecule has 0 radical (unpaired) electrons. The number of methoxy groups -OCH3 is 2. The predicted octanol–water partition coefficient (Wildman–Crippen LogP) is 2.60. The summed E-state index contributed by atoms with van der Waals surface area (Å²) < 4.78 is 55.8. The second kappa shape index (κ2) is 8.05. The van der Waals surface area contributed by atoms with Gasteiger partial charge in [0.2, 0.25) is 11.2 Å². The van der Waals surface area contributed by atoms with Gasteiger partial charge >= 0.3 is 5.97 Å². The van der Waals surface area contributed by atoms with Gasteiger partial charge in [0.1, 0.15) is 12.4 Å². The molecule has 0 unspecified atom stereocenters. The van der Waals surface area contributed by atoms with Crippen LogP contribution in [0.4, 0.5) is 13.2 Å². The number of esters is 1. The van der Waals surface area contributed by atoms with Crippen molar-refractivity contribution < 1.29 is 37.0 Å². The lowest BCUT2D eigenvalue weighted by Crippen LogP contribution is -2.16. The van der Waals surface area contributed by atoms with E-state index in [0.29, 0.717) is 6.07 Å². The molecule has 26 heavy (non-hydrogen) atoms. The van der Waals surface area contributed by atoms with Crippen LogP contribution < -0.4 is 5.43 Å². The van der Waals surface area contributed by atoms with Gasteiger partial charge in [-0.1, -0.05) is 6.07 Å². The molecule has 1 heterocycles. The van der Waals surface area contributed by atoms with Crippen molar-refractivity contribution in [2.24, 2.45) is 0 Å². The zero-order valence-corrected chi connectivity index (χ0v) is 13.8. The van der Waals surface area contributed by atoms with E-state index in [-0.39, 0.29) is 12.4 Å². The van der Waals surface area contributed by atoms with Crippen LogP contribution in [0, 0.1) is 17.5 Å². The lowest BCUT2D eigenvalue weighted by molar-refractivity contribution is -0.141. The SMILES string of the molecule is COCc1cc(=O)c(O)c([C@@H](CC(=O)OC)c2ccc(F)c(F)c2F)o1. The van der Waals surface area contributed by atoms with Crippen molar-refractivity contribution >= 4 is 5.97 Å². The molecule has 1 N–H and O–H groups in total. The Balaban J connectivity index is 2.69. The van der Waals surface area contributed by atoms with Crippen molar-refractivity contribution in [3.63, 3.8) is 0 Å². The Hall–Kier alpha value is -2.81. The molecule has 6 nitrogen and oxygen atoms in total. The molecule has 0 saturated heterocycles. The topological polar surface area (TPSA) is 86.0 Å². The van der Waals surface area contributed by atoms with E-state index in [4.69, 9.17) is 9.15 Å². The van der Waals surface area contributed by atoms with E-state index < -0.39 is 58.3 Å². The van der Waals surface area contributed by atoms with Crippen molar-refractivity contribution in [2.75, 3.05) is 14.2 Å². The van der Waals surface area contributed by atoms with Gasteiger partial charge < -0.3 is 19.0 Å². The van der Waals surface area contributed by atoms with E-state index in [9.17, 15) is 27.9 Å². The van der Waals surface area contributed by atoms with Crippen molar-refractivity contribution in [1.29, 1.82) is 0 Å². The molecular formula is C17H15F3O6. The third-order valence-electron chi connectivity index (χ3n) is 3.64. The molecule has 1 aromatic carbocycles. The fraction of sp³-hybridized carbons (Fsp3) is 0.294. The lowest BCUT2D eigenvalue weighted by atomic mass is 9.91. The van der Waals surface area contributed by atoms with Gasteiger partial charge in [-0.15, -0.1) is 0 Å². The third kappa shape index (κ3) is 3.88. The van der Waals surface area contributed by atoms with Gasteiger partial charge in [0.15, 0.2) is 23.2 Å². The van der Waals surface area contributed by atoms with Crippen LogP contribution in [0.3, 0.4) is 0 Å². The number of aromatic hydroxyl groups is 1. The van der Waals surface area contributed by atoms with Gasteiger partial charge in [-0.25, -0.2) is 13.2 Å². The molecule has 2 aromatic rings. The average molecular weight is 372 g/mol. The van der Waals surface area contributed by atoms with Crippen LogP contribution in [0.1, 0.15) is 29.4 Å². The first-order valence-corrected chi connectivity index (χ1v) is 7.35. The summed E-state index contributed by atoms with van der Waals surface area (Å²) in [6, 6.07) is 2.51. The lowest BCUT2D eigenvalue weighted by Gasteiger charge is -2.18. The molecule has 140 valence electrons. The van der Waals surface area contributed by atoms with Crippen LogP contribution in [0.5, 0.6) is 5.75 Å². The summed E-state index contributed by atoms with van der Waals surface area (Å²) in [6.07, 6.45) is -0.592. The molecule has 0 aliphatic heterocycles. The number of hydrogen-bond donors (Lipinski definition) is 1. The first kappa shape index (κ1) is 19.5. The first-order chi connectivity index (χ1) is 12.3. The quantitative estimate of drug-likeness (QED) is 0.620. The molecule has 0 aliphatic carbocycles. The van der Waals surface area contributed by atoms with Gasteiger partial charge in [0.05, 0.1) is 19.4 Å². The molecule has 0 saturated carbocycles.